The lowest BCUT2D eigenvalue weighted by atomic mass is 9.87. The van der Waals surface area contributed by atoms with Crippen molar-refractivity contribution in [3.8, 4) is 57.1 Å². The first kappa shape index (κ1) is 64.1. The standard InChI is InChI=1S/C91H62N14O3/c1-91(2)52-75-50-82-60(14-8-54-5-11-56(12-6-54)88-78-34-29-71(99-78)47-67-25-21-63(95-67)44-64-22-26-68(96-64)48-72-30-35-79(88)100-72)42-83(104-82)89(57-15-17-58(18-16-57)90(108)92-39-40-105-85(106)37-38-86(105)107)80-36-31-73(101-80)49-81-59(41-74(102-81)51-84(91)103-75)13-7-53-3-9-55(10-4-53)87-76-32-27-69(97-76)45-65-23-19-61(93-65)43-62-20-24-66(94-62)46-70-28-33-77(87)98-70/h3-6,9-12,15-38,41-51,93,95,98,100,102,104H,39-40,52H2,1-2H3,(H,92,108). The van der Waals surface area contributed by atoms with Crippen LogP contribution in [0.1, 0.15) is 115 Å². The lowest BCUT2D eigenvalue weighted by Gasteiger charge is -2.15. The van der Waals surface area contributed by atoms with Gasteiger partial charge >= 0.3 is 0 Å². The number of aromatic nitrogens is 12. The van der Waals surface area contributed by atoms with Crippen molar-refractivity contribution in [1.29, 1.82) is 0 Å². The van der Waals surface area contributed by atoms with Crippen LogP contribution in [0, 0.1) is 23.7 Å². The van der Waals surface area contributed by atoms with Gasteiger partial charge in [0.05, 0.1) is 79.1 Å². The molecule has 24 bridgehead atoms. The van der Waals surface area contributed by atoms with Crippen LogP contribution in [0.4, 0.5) is 0 Å². The normalized spacial score (nSPS) is 13.6. The second-order valence-corrected chi connectivity index (χ2v) is 27.9. The Balaban J connectivity index is 0.703. The van der Waals surface area contributed by atoms with Gasteiger partial charge in [0.15, 0.2) is 0 Å². The largest absolute Gasteiger partial charge is 0.355 e. The minimum Gasteiger partial charge on any atom is -0.355 e. The SMILES string of the molecule is CC1(C)Cc2cc3[nH]c(cc3C#Cc3ccc(-c4c5nc(cc6ccc(cc7nc(cc8ccc4[nH]8)C=C7)[nH]6)C=C5)cc3)c(-c3ccc(C(=O)NCCN4C(=O)C=CC4=O)cc3)c3nc(cc4[nH]c(cc1n2)cc4C#Cc1ccc(-c2c4nc(cc5ccc(cc6nc(cc7ccc2[nH]7)C=C6)[nH]5)C=C4)cc1)C=C3. The number of nitrogens with one attached hydrogen (secondary N) is 7. The van der Waals surface area contributed by atoms with Crippen molar-refractivity contribution >= 4 is 145 Å². The smallest absolute Gasteiger partial charge is 0.253 e. The van der Waals surface area contributed by atoms with Gasteiger partial charge in [-0.25, -0.2) is 24.9 Å². The van der Waals surface area contributed by atoms with Crippen molar-refractivity contribution in [3.63, 3.8) is 0 Å². The highest BCUT2D eigenvalue weighted by molar-refractivity contribution is 6.13. The van der Waals surface area contributed by atoms with Crippen molar-refractivity contribution in [2.75, 3.05) is 13.1 Å². The van der Waals surface area contributed by atoms with E-state index in [0.29, 0.717) is 23.4 Å². The average molecular weight is 1400 g/mol. The predicted molar refractivity (Wildman–Crippen MR) is 431 cm³/mol. The summed E-state index contributed by atoms with van der Waals surface area (Å²) in [6, 6.07) is 63.0. The van der Waals surface area contributed by atoms with Gasteiger partial charge in [-0.1, -0.05) is 73.9 Å². The molecular weight excluding hydrogens is 1340 g/mol. The van der Waals surface area contributed by atoms with E-state index in [4.69, 9.17) is 29.9 Å². The molecule has 514 valence electrons. The van der Waals surface area contributed by atoms with E-state index in [0.717, 1.165) is 184 Å². The van der Waals surface area contributed by atoms with Gasteiger partial charge in [0.2, 0.25) is 0 Å². The van der Waals surface area contributed by atoms with E-state index in [1.54, 1.807) is 12.1 Å². The number of carbonyl (C=O) groups is 3. The molecule has 0 atom stereocenters. The predicted octanol–water partition coefficient (Wildman–Crippen LogP) is 17.4. The third kappa shape index (κ3) is 12.9. The molecule has 9 aromatic heterocycles. The Morgan fingerprint density at radius 2 is 0.787 bits per heavy atom. The fourth-order valence-corrected chi connectivity index (χ4v) is 14.5. The number of fused-ring (bicyclic) bond motifs is 24. The van der Waals surface area contributed by atoms with Crippen molar-refractivity contribution in [3.05, 3.63) is 296 Å². The first-order chi connectivity index (χ1) is 52.7. The number of imide groups is 1. The van der Waals surface area contributed by atoms with Gasteiger partial charge in [0, 0.05) is 137 Å². The van der Waals surface area contributed by atoms with Crippen molar-refractivity contribution < 1.29 is 14.4 Å². The number of amides is 3. The zero-order valence-corrected chi connectivity index (χ0v) is 58.3. The number of nitrogens with zero attached hydrogens (tertiary/aromatic N) is 7. The molecule has 17 heteroatoms. The van der Waals surface area contributed by atoms with Crippen LogP contribution in [0.3, 0.4) is 0 Å². The fourth-order valence-electron chi connectivity index (χ4n) is 14.5. The second-order valence-electron chi connectivity index (χ2n) is 27.9. The number of carbonyl (C=O) groups excluding carboxylic acids is 3. The summed E-state index contributed by atoms with van der Waals surface area (Å²) in [5.41, 5.74) is 29.0. The minimum atomic E-state index is -0.408. The molecule has 7 aliphatic heterocycles. The number of rotatable bonds is 7. The van der Waals surface area contributed by atoms with E-state index >= 15 is 0 Å². The Labute approximate surface area is 617 Å². The maximum atomic E-state index is 13.7. The van der Waals surface area contributed by atoms with Crippen molar-refractivity contribution in [2.45, 2.75) is 25.7 Å². The molecular formula is C91H62N14O3. The van der Waals surface area contributed by atoms with E-state index in [1.165, 1.54) is 12.2 Å². The monoisotopic (exact) mass is 1400 g/mol. The first-order valence-electron chi connectivity index (χ1n) is 35.5. The summed E-state index contributed by atoms with van der Waals surface area (Å²) in [5.74, 6) is 13.0. The number of benzene rings is 3. The first-order valence-corrected chi connectivity index (χ1v) is 35.5. The van der Waals surface area contributed by atoms with Crippen LogP contribution in [-0.2, 0) is 21.4 Å². The Hall–Kier alpha value is -14.8. The van der Waals surface area contributed by atoms with Crippen LogP contribution >= 0.6 is 0 Å². The van der Waals surface area contributed by atoms with E-state index in [-0.39, 0.29) is 24.4 Å². The molecule has 7 N–H and O–H groups in total. The molecule has 7 aliphatic rings. The van der Waals surface area contributed by atoms with Gasteiger partial charge < -0.3 is 35.2 Å². The molecule has 12 aromatic rings. The highest BCUT2D eigenvalue weighted by atomic mass is 16.2. The topological polar surface area (TPSA) is 239 Å². The minimum absolute atomic E-state index is 0.0472. The third-order valence-corrected chi connectivity index (χ3v) is 19.8. The van der Waals surface area contributed by atoms with E-state index < -0.39 is 11.8 Å². The molecule has 0 aliphatic carbocycles. The van der Waals surface area contributed by atoms with Crippen LogP contribution in [0.15, 0.2) is 200 Å². The van der Waals surface area contributed by atoms with E-state index in [1.807, 2.05) is 152 Å². The van der Waals surface area contributed by atoms with Crippen molar-refractivity contribution in [1.82, 2.24) is 70.0 Å². The molecule has 0 saturated heterocycles. The van der Waals surface area contributed by atoms with Crippen molar-refractivity contribution in [2.24, 2.45) is 0 Å². The zero-order valence-electron chi connectivity index (χ0n) is 58.3. The molecule has 0 spiro atoms. The Morgan fingerprint density at radius 3 is 1.29 bits per heavy atom. The summed E-state index contributed by atoms with van der Waals surface area (Å²) in [7, 11) is 0. The summed E-state index contributed by atoms with van der Waals surface area (Å²) in [5, 5.41) is 2.87. The summed E-state index contributed by atoms with van der Waals surface area (Å²) < 4.78 is 0. The maximum absolute atomic E-state index is 13.7. The highest BCUT2D eigenvalue weighted by Crippen LogP contribution is 2.37. The van der Waals surface area contributed by atoms with E-state index in [9.17, 15) is 14.4 Å². The van der Waals surface area contributed by atoms with Gasteiger partial charge in [-0.05, 0) is 229 Å². The summed E-state index contributed by atoms with van der Waals surface area (Å²) >= 11 is 0. The third-order valence-electron chi connectivity index (χ3n) is 19.8. The molecule has 3 amide bonds. The quantitative estimate of drug-likeness (QED) is 0.0592. The van der Waals surface area contributed by atoms with Crippen LogP contribution in [-0.4, -0.2) is 95.5 Å². The maximum Gasteiger partial charge on any atom is 0.253 e. The number of aromatic amines is 6. The molecule has 19 rings (SSSR count). The lowest BCUT2D eigenvalue weighted by molar-refractivity contribution is -0.136. The molecule has 0 radical (unpaired) electrons. The Bertz CT molecular complexity index is 6770. The molecule has 0 saturated carbocycles. The highest BCUT2D eigenvalue weighted by Gasteiger charge is 2.29. The number of hydrogen-bond acceptors (Lipinski definition) is 9. The van der Waals surface area contributed by atoms with E-state index in [2.05, 4.69) is 158 Å². The number of H-pyrrole nitrogens is 6. The summed E-state index contributed by atoms with van der Waals surface area (Å²) in [6.07, 6.45) is 23.4. The Kier molecular flexibility index (Phi) is 15.5. The zero-order chi connectivity index (χ0) is 72.6. The second kappa shape index (κ2) is 26.2. The average Bonchev–Trinajstić information content (AvgIpc) is 1.62. The summed E-state index contributed by atoms with van der Waals surface area (Å²) in [4.78, 5) is 91.8. The van der Waals surface area contributed by atoms with Gasteiger partial charge in [0.25, 0.3) is 17.7 Å². The van der Waals surface area contributed by atoms with Crippen LogP contribution in [0.2, 0.25) is 0 Å². The Morgan fingerprint density at radius 1 is 0.380 bits per heavy atom. The molecule has 0 fully saturated rings. The van der Waals surface area contributed by atoms with Crippen LogP contribution in [0.5, 0.6) is 0 Å². The lowest BCUT2D eigenvalue weighted by Crippen LogP contribution is -2.38. The molecule has 17 nitrogen and oxygen atoms in total. The van der Waals surface area contributed by atoms with Gasteiger partial charge in [-0.15, -0.1) is 0 Å². The van der Waals surface area contributed by atoms with Crippen LogP contribution < -0.4 is 5.32 Å². The molecule has 108 heavy (non-hydrogen) atoms. The van der Waals surface area contributed by atoms with Crippen LogP contribution in [0.25, 0.3) is 160 Å². The summed E-state index contributed by atoms with van der Waals surface area (Å²) in [6.45, 7) is 4.56. The molecule has 16 heterocycles. The fraction of sp³-hybridized carbons (Fsp3) is 0.0659. The van der Waals surface area contributed by atoms with Gasteiger partial charge in [-0.2, -0.15) is 0 Å². The van der Waals surface area contributed by atoms with Gasteiger partial charge in [-0.3, -0.25) is 24.3 Å². The van der Waals surface area contributed by atoms with Gasteiger partial charge in [0.1, 0.15) is 0 Å². The number of hydrogen-bond donors (Lipinski definition) is 7. The molecule has 0 unspecified atom stereocenters. The molecule has 3 aromatic carbocycles.